The van der Waals surface area contributed by atoms with E-state index in [9.17, 15) is 4.79 Å². The van der Waals surface area contributed by atoms with Gasteiger partial charge in [0.25, 0.3) is 0 Å². The summed E-state index contributed by atoms with van der Waals surface area (Å²) in [6.45, 7) is 3.10. The Hall–Kier alpha value is -1.72. The van der Waals surface area contributed by atoms with Crippen molar-refractivity contribution in [2.75, 3.05) is 25.0 Å². The summed E-state index contributed by atoms with van der Waals surface area (Å²) in [4.78, 5) is 20.3. The summed E-state index contributed by atoms with van der Waals surface area (Å²) in [5.74, 6) is 0.865. The lowest BCUT2D eigenvalue weighted by atomic mass is 9.96. The van der Waals surface area contributed by atoms with Gasteiger partial charge in [-0.15, -0.1) is 11.3 Å². The van der Waals surface area contributed by atoms with Crippen molar-refractivity contribution in [1.29, 1.82) is 0 Å². The van der Waals surface area contributed by atoms with Gasteiger partial charge in [0.2, 0.25) is 5.91 Å². The summed E-state index contributed by atoms with van der Waals surface area (Å²) in [7, 11) is 0. The second-order valence-corrected chi connectivity index (χ2v) is 6.68. The Labute approximate surface area is 135 Å². The van der Waals surface area contributed by atoms with E-state index >= 15 is 0 Å². The van der Waals surface area contributed by atoms with Crippen molar-refractivity contribution in [3.8, 4) is 0 Å². The number of nitrogens with zero attached hydrogens (tertiary/aromatic N) is 2. The number of amides is 1. The van der Waals surface area contributed by atoms with E-state index in [-0.39, 0.29) is 11.8 Å². The van der Waals surface area contributed by atoms with Gasteiger partial charge in [0.05, 0.1) is 0 Å². The predicted molar refractivity (Wildman–Crippen MR) is 90.1 cm³/mol. The van der Waals surface area contributed by atoms with E-state index in [1.165, 1.54) is 4.88 Å². The van der Waals surface area contributed by atoms with Gasteiger partial charge in [0, 0.05) is 23.5 Å². The van der Waals surface area contributed by atoms with Crippen LogP contribution in [0.25, 0.3) is 0 Å². The lowest BCUT2D eigenvalue weighted by molar-refractivity contribution is -0.121. The highest BCUT2D eigenvalue weighted by Crippen LogP contribution is 2.20. The molecule has 0 saturated carbocycles. The minimum absolute atomic E-state index is 0.108. The van der Waals surface area contributed by atoms with Gasteiger partial charge in [0.1, 0.15) is 5.82 Å². The molecule has 0 aliphatic carbocycles. The minimum atomic E-state index is 0.108. The van der Waals surface area contributed by atoms with Crippen molar-refractivity contribution in [2.45, 2.75) is 19.3 Å². The molecule has 22 heavy (non-hydrogen) atoms. The molecule has 1 saturated heterocycles. The highest BCUT2D eigenvalue weighted by atomic mass is 32.1. The second-order valence-electron chi connectivity index (χ2n) is 5.65. The molecule has 1 amide bonds. The number of anilines is 1. The van der Waals surface area contributed by atoms with Crippen molar-refractivity contribution in [3.05, 3.63) is 46.8 Å². The van der Waals surface area contributed by atoms with Gasteiger partial charge in [0.15, 0.2) is 0 Å². The summed E-state index contributed by atoms with van der Waals surface area (Å²) >= 11 is 1.82. The van der Waals surface area contributed by atoms with Crippen LogP contribution in [0.15, 0.2) is 41.9 Å². The van der Waals surface area contributed by atoms with Gasteiger partial charge in [-0.25, -0.2) is 4.98 Å². The maximum Gasteiger partial charge on any atom is 0.228 e. The summed E-state index contributed by atoms with van der Waals surface area (Å²) < 4.78 is 0. The number of thiophene rings is 1. The second kappa shape index (κ2) is 7.51. The third kappa shape index (κ3) is 4.15. The molecule has 3 heterocycles. The van der Waals surface area contributed by atoms with Gasteiger partial charge in [-0.3, -0.25) is 4.79 Å². The normalized spacial score (nSPS) is 16.5. The zero-order chi connectivity index (χ0) is 15.2. The number of aromatic nitrogens is 1. The summed E-state index contributed by atoms with van der Waals surface area (Å²) in [5.41, 5.74) is 0. The number of nitrogens with one attached hydrogen (secondary N) is 1. The van der Waals surface area contributed by atoms with E-state index in [0.717, 1.165) is 38.9 Å². The van der Waals surface area contributed by atoms with Crippen LogP contribution in [0.2, 0.25) is 0 Å². The topological polar surface area (TPSA) is 45.2 Å². The van der Waals surface area contributed by atoms with Crippen molar-refractivity contribution < 1.29 is 4.79 Å². The molecule has 1 N–H and O–H groups in total. The van der Waals surface area contributed by atoms with Crippen LogP contribution in [0.4, 0.5) is 5.82 Å². The first kappa shape index (κ1) is 15.2. The molecule has 0 aromatic carbocycles. The van der Waals surface area contributed by atoms with Crippen LogP contribution in [0, 0.1) is 5.92 Å². The van der Waals surface area contributed by atoms with Crippen LogP contribution >= 0.6 is 11.3 Å². The first-order valence-corrected chi connectivity index (χ1v) is 8.66. The molecule has 2 aromatic heterocycles. The fourth-order valence-corrected chi connectivity index (χ4v) is 3.51. The Balaban J connectivity index is 1.42. The van der Waals surface area contributed by atoms with Crippen molar-refractivity contribution in [1.82, 2.24) is 9.88 Å². The molecule has 0 bridgehead atoms. The van der Waals surface area contributed by atoms with Crippen molar-refractivity contribution >= 4 is 23.1 Å². The highest BCUT2D eigenvalue weighted by molar-refractivity contribution is 7.09. The Morgan fingerprint density at radius 3 is 2.82 bits per heavy atom. The lowest BCUT2D eigenvalue weighted by Gasteiger charge is -2.31. The molecule has 0 spiro atoms. The van der Waals surface area contributed by atoms with Crippen LogP contribution in [-0.4, -0.2) is 35.4 Å². The average molecular weight is 315 g/mol. The SMILES string of the molecule is O=C(Nc1ccccn1)C1CCN(CCc2cccs2)CC1. The molecule has 1 fully saturated rings. The van der Waals surface area contributed by atoms with Crippen molar-refractivity contribution in [3.63, 3.8) is 0 Å². The van der Waals surface area contributed by atoms with E-state index < -0.39 is 0 Å². The fourth-order valence-electron chi connectivity index (χ4n) is 2.81. The smallest absolute Gasteiger partial charge is 0.228 e. The van der Waals surface area contributed by atoms with Crippen LogP contribution in [0.3, 0.4) is 0 Å². The summed E-state index contributed by atoms with van der Waals surface area (Å²) in [5, 5.41) is 5.04. The van der Waals surface area contributed by atoms with Crippen LogP contribution in [0.1, 0.15) is 17.7 Å². The fraction of sp³-hybridized carbons (Fsp3) is 0.412. The van der Waals surface area contributed by atoms with Gasteiger partial charge in [-0.2, -0.15) is 0 Å². The number of piperidine rings is 1. The third-order valence-corrected chi connectivity index (χ3v) is 5.07. The number of hydrogen-bond acceptors (Lipinski definition) is 4. The average Bonchev–Trinajstić information content (AvgIpc) is 3.08. The Morgan fingerprint density at radius 1 is 1.27 bits per heavy atom. The number of likely N-dealkylation sites (tertiary alicyclic amines) is 1. The highest BCUT2D eigenvalue weighted by Gasteiger charge is 2.24. The lowest BCUT2D eigenvalue weighted by Crippen LogP contribution is -2.39. The molecule has 1 aliphatic rings. The number of pyridine rings is 1. The monoisotopic (exact) mass is 315 g/mol. The zero-order valence-corrected chi connectivity index (χ0v) is 13.4. The summed E-state index contributed by atoms with van der Waals surface area (Å²) in [6, 6.07) is 9.86. The molecule has 3 rings (SSSR count). The maximum atomic E-state index is 12.3. The van der Waals surface area contributed by atoms with E-state index in [4.69, 9.17) is 0 Å². The molecule has 4 nitrogen and oxygen atoms in total. The molecule has 2 aromatic rings. The third-order valence-electron chi connectivity index (χ3n) is 4.13. The van der Waals surface area contributed by atoms with Gasteiger partial charge in [-0.05, 0) is 55.9 Å². The van der Waals surface area contributed by atoms with Crippen LogP contribution in [0.5, 0.6) is 0 Å². The molecule has 0 atom stereocenters. The number of carbonyl (C=O) groups is 1. The van der Waals surface area contributed by atoms with E-state index in [2.05, 4.69) is 32.7 Å². The molecule has 1 aliphatic heterocycles. The first-order chi connectivity index (χ1) is 10.8. The largest absolute Gasteiger partial charge is 0.310 e. The molecule has 116 valence electrons. The molecule has 0 radical (unpaired) electrons. The standard InChI is InChI=1S/C17H21N3OS/c21-17(19-16-5-1-2-9-18-16)14-6-10-20(11-7-14)12-8-15-4-3-13-22-15/h1-5,9,13-14H,6-8,10-12H2,(H,18,19,21). The van der Waals surface area contributed by atoms with Gasteiger partial charge < -0.3 is 10.2 Å². The van der Waals surface area contributed by atoms with Gasteiger partial charge in [-0.1, -0.05) is 12.1 Å². The first-order valence-electron chi connectivity index (χ1n) is 7.78. The number of rotatable bonds is 5. The Bertz CT molecular complexity index is 577. The van der Waals surface area contributed by atoms with E-state index in [0.29, 0.717) is 5.82 Å². The van der Waals surface area contributed by atoms with Crippen molar-refractivity contribution in [2.24, 2.45) is 5.92 Å². The molecular formula is C17H21N3OS. The molecule has 0 unspecified atom stereocenters. The van der Waals surface area contributed by atoms with E-state index in [1.54, 1.807) is 6.20 Å². The predicted octanol–water partition coefficient (Wildman–Crippen LogP) is 3.04. The quantitative estimate of drug-likeness (QED) is 0.922. The number of hydrogen-bond donors (Lipinski definition) is 1. The molecule has 5 heteroatoms. The molecular weight excluding hydrogens is 294 g/mol. The van der Waals surface area contributed by atoms with E-state index in [1.807, 2.05) is 29.5 Å². The Kier molecular flexibility index (Phi) is 5.19. The summed E-state index contributed by atoms with van der Waals surface area (Å²) in [6.07, 6.45) is 4.68. The Morgan fingerprint density at radius 2 is 2.14 bits per heavy atom. The zero-order valence-electron chi connectivity index (χ0n) is 12.6. The van der Waals surface area contributed by atoms with Crippen LogP contribution < -0.4 is 5.32 Å². The van der Waals surface area contributed by atoms with Crippen LogP contribution in [-0.2, 0) is 11.2 Å². The minimum Gasteiger partial charge on any atom is -0.310 e. The number of carbonyl (C=O) groups excluding carboxylic acids is 1. The maximum absolute atomic E-state index is 12.3. The van der Waals surface area contributed by atoms with Gasteiger partial charge >= 0.3 is 0 Å².